The summed E-state index contributed by atoms with van der Waals surface area (Å²) in [6.45, 7) is 6.04. The van der Waals surface area contributed by atoms with E-state index < -0.39 is 0 Å². The third-order valence-electron chi connectivity index (χ3n) is 3.29. The van der Waals surface area contributed by atoms with Crippen LogP contribution in [0.15, 0.2) is 39.8 Å². The van der Waals surface area contributed by atoms with Crippen LogP contribution in [-0.4, -0.2) is 11.8 Å². The highest BCUT2D eigenvalue weighted by atomic mass is 16.3. The van der Waals surface area contributed by atoms with Gasteiger partial charge in [0.25, 0.3) is 0 Å². The van der Waals surface area contributed by atoms with Crippen molar-refractivity contribution in [3.63, 3.8) is 0 Å². The normalized spacial score (nSPS) is 13.2. The molecule has 0 aliphatic rings. The lowest BCUT2D eigenvalue weighted by atomic mass is 9.92. The average Bonchev–Trinajstić information content (AvgIpc) is 2.94. The SMILES string of the molecule is CC(C)=CC[C@H](N=[N+]=[N-])[C@@H](C)CCC(=O)c1ccoc1. The Morgan fingerprint density at radius 2 is 2.30 bits per heavy atom. The number of Topliss-reactive ketones (excluding diaryl/α,β-unsaturated/α-hetero) is 1. The predicted molar refractivity (Wildman–Crippen MR) is 78.4 cm³/mol. The summed E-state index contributed by atoms with van der Waals surface area (Å²) in [5.74, 6) is 0.227. The van der Waals surface area contributed by atoms with E-state index in [0.717, 1.165) is 0 Å². The summed E-state index contributed by atoms with van der Waals surface area (Å²) in [4.78, 5) is 14.8. The van der Waals surface area contributed by atoms with Crippen molar-refractivity contribution in [2.75, 3.05) is 0 Å². The Hall–Kier alpha value is -2.00. The fourth-order valence-corrected chi connectivity index (χ4v) is 1.93. The predicted octanol–water partition coefficient (Wildman–Crippen LogP) is 4.91. The van der Waals surface area contributed by atoms with Crippen molar-refractivity contribution < 1.29 is 9.21 Å². The van der Waals surface area contributed by atoms with E-state index in [1.54, 1.807) is 6.07 Å². The van der Waals surface area contributed by atoms with Gasteiger partial charge >= 0.3 is 0 Å². The average molecular weight is 275 g/mol. The second kappa shape index (κ2) is 8.23. The Balaban J connectivity index is 2.53. The van der Waals surface area contributed by atoms with Crippen LogP contribution in [0, 0.1) is 5.92 Å². The van der Waals surface area contributed by atoms with E-state index in [1.807, 2.05) is 20.8 Å². The van der Waals surface area contributed by atoms with Gasteiger partial charge in [-0.3, -0.25) is 4.79 Å². The number of azide groups is 1. The zero-order valence-corrected chi connectivity index (χ0v) is 12.2. The molecule has 108 valence electrons. The van der Waals surface area contributed by atoms with E-state index in [2.05, 4.69) is 16.1 Å². The standard InChI is InChI=1S/C15H21N3O2/c1-11(2)4-6-14(17-18-16)12(3)5-7-15(19)13-8-9-20-10-13/h4,8-10,12,14H,5-7H2,1-3H3/t12-,14-/m0/s1. The molecule has 1 rings (SSSR count). The quantitative estimate of drug-likeness (QED) is 0.222. The van der Waals surface area contributed by atoms with Gasteiger partial charge in [0, 0.05) is 17.4 Å². The lowest BCUT2D eigenvalue weighted by molar-refractivity contribution is 0.0972. The molecule has 5 nitrogen and oxygen atoms in total. The largest absolute Gasteiger partial charge is 0.472 e. The molecule has 0 amide bonds. The maximum absolute atomic E-state index is 11.9. The van der Waals surface area contributed by atoms with Crippen molar-refractivity contribution in [3.8, 4) is 0 Å². The molecule has 0 aliphatic carbocycles. The first-order valence-corrected chi connectivity index (χ1v) is 6.77. The van der Waals surface area contributed by atoms with Gasteiger partial charge in [0.15, 0.2) is 5.78 Å². The number of hydrogen-bond acceptors (Lipinski definition) is 3. The zero-order valence-electron chi connectivity index (χ0n) is 12.2. The molecule has 0 saturated carbocycles. The van der Waals surface area contributed by atoms with Crippen LogP contribution in [0.4, 0.5) is 0 Å². The molecule has 0 bridgehead atoms. The number of allylic oxidation sites excluding steroid dienone is 1. The van der Waals surface area contributed by atoms with Crippen molar-refractivity contribution in [1.82, 2.24) is 0 Å². The maximum Gasteiger partial charge on any atom is 0.166 e. The molecule has 1 heterocycles. The van der Waals surface area contributed by atoms with E-state index in [0.29, 0.717) is 24.8 Å². The summed E-state index contributed by atoms with van der Waals surface area (Å²) in [5, 5.41) is 3.84. The smallest absolute Gasteiger partial charge is 0.166 e. The van der Waals surface area contributed by atoms with Gasteiger partial charge in [-0.05, 0) is 44.2 Å². The third kappa shape index (κ3) is 5.33. The van der Waals surface area contributed by atoms with Crippen LogP contribution in [0.5, 0.6) is 0 Å². The van der Waals surface area contributed by atoms with Crippen molar-refractivity contribution in [1.29, 1.82) is 0 Å². The number of rotatable bonds is 8. The van der Waals surface area contributed by atoms with E-state index in [1.165, 1.54) is 18.1 Å². The van der Waals surface area contributed by atoms with Crippen LogP contribution in [0.25, 0.3) is 10.4 Å². The molecule has 0 N–H and O–H groups in total. The Morgan fingerprint density at radius 3 is 2.85 bits per heavy atom. The van der Waals surface area contributed by atoms with Crippen molar-refractivity contribution in [2.24, 2.45) is 11.0 Å². The Bertz CT molecular complexity index is 495. The topological polar surface area (TPSA) is 79.0 Å². The summed E-state index contributed by atoms with van der Waals surface area (Å²) in [6, 6.07) is 1.56. The van der Waals surface area contributed by atoms with E-state index >= 15 is 0 Å². The minimum absolute atomic E-state index is 0.0625. The molecule has 0 spiro atoms. The number of ketones is 1. The molecular formula is C15H21N3O2. The Labute approximate surface area is 119 Å². The van der Waals surface area contributed by atoms with Crippen molar-refractivity contribution in [2.45, 2.75) is 46.1 Å². The fraction of sp³-hybridized carbons (Fsp3) is 0.533. The lowest BCUT2D eigenvalue weighted by Gasteiger charge is -2.17. The van der Waals surface area contributed by atoms with Gasteiger partial charge in [-0.1, -0.05) is 23.7 Å². The summed E-state index contributed by atoms with van der Waals surface area (Å²) in [5.41, 5.74) is 10.4. The minimum Gasteiger partial charge on any atom is -0.472 e. The van der Waals surface area contributed by atoms with Gasteiger partial charge in [-0.15, -0.1) is 0 Å². The molecule has 0 saturated heterocycles. The van der Waals surface area contributed by atoms with Gasteiger partial charge in [0.05, 0.1) is 11.8 Å². The van der Waals surface area contributed by atoms with Crippen molar-refractivity contribution in [3.05, 3.63) is 46.2 Å². The number of nitrogens with zero attached hydrogens (tertiary/aromatic N) is 3. The van der Waals surface area contributed by atoms with E-state index in [-0.39, 0.29) is 17.7 Å². The molecule has 0 radical (unpaired) electrons. The first kappa shape index (κ1) is 16.1. The summed E-state index contributed by atoms with van der Waals surface area (Å²) < 4.78 is 4.90. The van der Waals surface area contributed by atoms with Crippen LogP contribution in [0.3, 0.4) is 0 Å². The maximum atomic E-state index is 11.9. The Kier molecular flexibility index (Phi) is 6.60. The Morgan fingerprint density at radius 1 is 1.55 bits per heavy atom. The second-order valence-corrected chi connectivity index (χ2v) is 5.24. The zero-order chi connectivity index (χ0) is 15.0. The molecule has 20 heavy (non-hydrogen) atoms. The number of hydrogen-bond donors (Lipinski definition) is 0. The van der Waals surface area contributed by atoms with Crippen LogP contribution >= 0.6 is 0 Å². The molecule has 5 heteroatoms. The van der Waals surface area contributed by atoms with Crippen LogP contribution in [0.2, 0.25) is 0 Å². The summed E-state index contributed by atoms with van der Waals surface area (Å²) in [6.07, 6.45) is 6.87. The molecule has 0 aliphatic heterocycles. The van der Waals surface area contributed by atoms with Gasteiger partial charge < -0.3 is 4.42 Å². The summed E-state index contributed by atoms with van der Waals surface area (Å²) >= 11 is 0. The van der Waals surface area contributed by atoms with Crippen LogP contribution in [-0.2, 0) is 0 Å². The highest BCUT2D eigenvalue weighted by Crippen LogP contribution is 2.20. The molecule has 1 aromatic heterocycles. The fourth-order valence-electron chi connectivity index (χ4n) is 1.93. The van der Waals surface area contributed by atoms with Gasteiger partial charge in [0.1, 0.15) is 6.26 Å². The molecule has 2 atom stereocenters. The first-order chi connectivity index (χ1) is 9.54. The molecule has 1 aromatic rings. The van der Waals surface area contributed by atoms with E-state index in [4.69, 9.17) is 9.95 Å². The van der Waals surface area contributed by atoms with Crippen LogP contribution in [0.1, 0.15) is 50.4 Å². The molecule has 0 aromatic carbocycles. The lowest BCUT2D eigenvalue weighted by Crippen LogP contribution is -2.16. The highest BCUT2D eigenvalue weighted by molar-refractivity contribution is 5.95. The van der Waals surface area contributed by atoms with Gasteiger partial charge in [0.2, 0.25) is 0 Å². The van der Waals surface area contributed by atoms with Crippen LogP contribution < -0.4 is 0 Å². The molecule has 0 fully saturated rings. The second-order valence-electron chi connectivity index (χ2n) is 5.24. The first-order valence-electron chi connectivity index (χ1n) is 6.77. The molecular weight excluding hydrogens is 254 g/mol. The third-order valence-corrected chi connectivity index (χ3v) is 3.29. The van der Waals surface area contributed by atoms with Gasteiger partial charge in [-0.2, -0.15) is 0 Å². The minimum atomic E-state index is -0.105. The highest BCUT2D eigenvalue weighted by Gasteiger charge is 2.17. The summed E-state index contributed by atoms with van der Waals surface area (Å²) in [7, 11) is 0. The monoisotopic (exact) mass is 275 g/mol. The number of furan rings is 1. The number of carbonyl (C=O) groups is 1. The van der Waals surface area contributed by atoms with Crippen molar-refractivity contribution >= 4 is 5.78 Å². The molecule has 0 unspecified atom stereocenters. The number of carbonyl (C=O) groups excluding carboxylic acids is 1. The van der Waals surface area contributed by atoms with Gasteiger partial charge in [-0.25, -0.2) is 0 Å². The van der Waals surface area contributed by atoms with E-state index in [9.17, 15) is 4.79 Å².